The zero-order chi connectivity index (χ0) is 13.9. The molecule has 2 unspecified atom stereocenters. The maximum Gasteiger partial charge on any atom is 0.157 e. The molecule has 4 rings (SSSR count). The third kappa shape index (κ3) is 1.53. The first kappa shape index (κ1) is 12.1. The highest BCUT2D eigenvalue weighted by atomic mass is 15.4. The maximum absolute atomic E-state index is 4.41. The molecule has 0 amide bonds. The van der Waals surface area contributed by atoms with Gasteiger partial charge in [0.2, 0.25) is 0 Å². The van der Waals surface area contributed by atoms with Crippen LogP contribution >= 0.6 is 0 Å². The lowest BCUT2D eigenvalue weighted by molar-refractivity contribution is 0.355. The summed E-state index contributed by atoms with van der Waals surface area (Å²) in [6.45, 7) is 10.2. The fourth-order valence-corrected chi connectivity index (χ4v) is 4.04. The number of nitrogens with one attached hydrogen (secondary N) is 1. The third-order valence-electron chi connectivity index (χ3n) is 5.14. The van der Waals surface area contributed by atoms with E-state index in [1.807, 2.05) is 4.52 Å². The summed E-state index contributed by atoms with van der Waals surface area (Å²) in [5, 5.41) is 7.95. The van der Waals surface area contributed by atoms with Crippen molar-refractivity contribution in [1.82, 2.24) is 19.9 Å². The number of pyridine rings is 1. The largest absolute Gasteiger partial charge is 0.351 e. The molecule has 5 nitrogen and oxygen atoms in total. The van der Waals surface area contributed by atoms with Crippen LogP contribution in [0.25, 0.3) is 5.65 Å². The minimum absolute atomic E-state index is 0.154. The summed E-state index contributed by atoms with van der Waals surface area (Å²) in [4.78, 5) is 6.87. The number of aryl methyl sites for hydroxylation is 1. The van der Waals surface area contributed by atoms with Gasteiger partial charge < -0.3 is 10.2 Å². The predicted octanol–water partition coefficient (Wildman–Crippen LogP) is 1.47. The maximum atomic E-state index is 4.41. The van der Waals surface area contributed by atoms with Crippen LogP contribution in [0.1, 0.15) is 19.4 Å². The molecule has 2 aromatic rings. The highest BCUT2D eigenvalue weighted by Crippen LogP contribution is 2.43. The molecule has 20 heavy (non-hydrogen) atoms. The summed E-state index contributed by atoms with van der Waals surface area (Å²) in [7, 11) is 0. The summed E-state index contributed by atoms with van der Waals surface area (Å²) < 4.78 is 1.98. The van der Waals surface area contributed by atoms with Crippen molar-refractivity contribution in [1.29, 1.82) is 0 Å². The van der Waals surface area contributed by atoms with Gasteiger partial charge in [-0.25, -0.2) is 4.98 Å². The lowest BCUT2D eigenvalue weighted by atomic mass is 9.85. The van der Waals surface area contributed by atoms with Gasteiger partial charge in [-0.1, -0.05) is 0 Å². The van der Waals surface area contributed by atoms with Crippen LogP contribution in [0.2, 0.25) is 0 Å². The van der Waals surface area contributed by atoms with E-state index in [0.29, 0.717) is 5.92 Å². The molecule has 0 radical (unpaired) electrons. The standard InChI is InChI=1S/C15H21N5/c1-10-4-13-17-9-18-20(13)14(5-10)19-8-11-6-16-7-12(11)15(19,2)3/h4-5,9,11-12,16H,6-8H2,1-3H3. The van der Waals surface area contributed by atoms with E-state index in [-0.39, 0.29) is 5.54 Å². The number of fused-ring (bicyclic) bond motifs is 2. The van der Waals surface area contributed by atoms with Gasteiger partial charge in [0, 0.05) is 25.2 Å². The molecule has 106 valence electrons. The van der Waals surface area contributed by atoms with Crippen molar-refractivity contribution in [2.45, 2.75) is 26.3 Å². The van der Waals surface area contributed by atoms with E-state index in [4.69, 9.17) is 0 Å². The average molecular weight is 271 g/mol. The van der Waals surface area contributed by atoms with Crippen LogP contribution in [-0.4, -0.2) is 39.8 Å². The normalized spacial score (nSPS) is 28.2. The van der Waals surface area contributed by atoms with Gasteiger partial charge >= 0.3 is 0 Å². The zero-order valence-electron chi connectivity index (χ0n) is 12.3. The lowest BCUT2D eigenvalue weighted by Gasteiger charge is -2.37. The Morgan fingerprint density at radius 3 is 2.95 bits per heavy atom. The van der Waals surface area contributed by atoms with Gasteiger partial charge in [0.15, 0.2) is 5.65 Å². The van der Waals surface area contributed by atoms with Crippen molar-refractivity contribution in [3.05, 3.63) is 24.0 Å². The quantitative estimate of drug-likeness (QED) is 0.853. The van der Waals surface area contributed by atoms with Crippen molar-refractivity contribution in [3.8, 4) is 0 Å². The Balaban J connectivity index is 1.85. The Kier molecular flexibility index (Phi) is 2.40. The van der Waals surface area contributed by atoms with Crippen LogP contribution < -0.4 is 10.2 Å². The molecule has 2 atom stereocenters. The molecule has 0 saturated carbocycles. The summed E-state index contributed by atoms with van der Waals surface area (Å²) in [6.07, 6.45) is 1.64. The Hall–Kier alpha value is -1.62. The third-order valence-corrected chi connectivity index (χ3v) is 5.14. The first-order valence-electron chi connectivity index (χ1n) is 7.36. The van der Waals surface area contributed by atoms with E-state index in [1.54, 1.807) is 6.33 Å². The highest BCUT2D eigenvalue weighted by molar-refractivity contribution is 5.55. The zero-order valence-corrected chi connectivity index (χ0v) is 12.3. The first-order valence-corrected chi connectivity index (χ1v) is 7.36. The first-order chi connectivity index (χ1) is 9.57. The number of anilines is 1. The van der Waals surface area contributed by atoms with Crippen LogP contribution in [0.5, 0.6) is 0 Å². The van der Waals surface area contributed by atoms with Gasteiger partial charge in [-0.2, -0.15) is 9.61 Å². The summed E-state index contributed by atoms with van der Waals surface area (Å²) >= 11 is 0. The van der Waals surface area contributed by atoms with Gasteiger partial charge in [0.1, 0.15) is 12.1 Å². The van der Waals surface area contributed by atoms with Crippen LogP contribution in [0.4, 0.5) is 5.82 Å². The van der Waals surface area contributed by atoms with Crippen molar-refractivity contribution in [2.24, 2.45) is 11.8 Å². The molecule has 5 heteroatoms. The monoisotopic (exact) mass is 271 g/mol. The van der Waals surface area contributed by atoms with Crippen molar-refractivity contribution < 1.29 is 0 Å². The predicted molar refractivity (Wildman–Crippen MR) is 79.0 cm³/mol. The van der Waals surface area contributed by atoms with Crippen LogP contribution in [-0.2, 0) is 0 Å². The molecule has 2 aliphatic rings. The van der Waals surface area contributed by atoms with E-state index in [1.165, 1.54) is 11.4 Å². The minimum atomic E-state index is 0.154. The molecule has 0 aliphatic carbocycles. The lowest BCUT2D eigenvalue weighted by Crippen LogP contribution is -2.45. The van der Waals surface area contributed by atoms with Crippen molar-refractivity contribution in [3.63, 3.8) is 0 Å². The van der Waals surface area contributed by atoms with E-state index < -0.39 is 0 Å². The fourth-order valence-electron chi connectivity index (χ4n) is 4.04. The van der Waals surface area contributed by atoms with Crippen LogP contribution in [0.15, 0.2) is 18.5 Å². The molecule has 2 fully saturated rings. The Morgan fingerprint density at radius 2 is 2.15 bits per heavy atom. The number of hydrogen-bond donors (Lipinski definition) is 1. The number of aromatic nitrogens is 3. The second kappa shape index (κ2) is 3.95. The molecule has 0 spiro atoms. The Labute approximate surface area is 119 Å². The minimum Gasteiger partial charge on any atom is -0.351 e. The second-order valence-electron chi connectivity index (χ2n) is 6.71. The van der Waals surface area contributed by atoms with E-state index >= 15 is 0 Å². The Morgan fingerprint density at radius 1 is 1.30 bits per heavy atom. The molecular formula is C15H21N5. The van der Waals surface area contributed by atoms with Gasteiger partial charge in [-0.3, -0.25) is 0 Å². The van der Waals surface area contributed by atoms with E-state index in [9.17, 15) is 0 Å². The number of rotatable bonds is 1. The summed E-state index contributed by atoms with van der Waals surface area (Å²) in [6, 6.07) is 4.32. The Bertz CT molecular complexity index is 659. The smallest absolute Gasteiger partial charge is 0.157 e. The molecular weight excluding hydrogens is 250 g/mol. The average Bonchev–Trinajstić information content (AvgIpc) is 3.06. The van der Waals surface area contributed by atoms with E-state index in [2.05, 4.69) is 53.2 Å². The summed E-state index contributed by atoms with van der Waals surface area (Å²) in [5.41, 5.74) is 2.33. The van der Waals surface area contributed by atoms with Gasteiger partial charge in [-0.15, -0.1) is 0 Å². The fraction of sp³-hybridized carbons (Fsp3) is 0.600. The number of nitrogens with zero attached hydrogens (tertiary/aromatic N) is 4. The van der Waals surface area contributed by atoms with Crippen molar-refractivity contribution >= 4 is 11.5 Å². The van der Waals surface area contributed by atoms with Crippen LogP contribution in [0.3, 0.4) is 0 Å². The van der Waals surface area contributed by atoms with Gasteiger partial charge in [0.05, 0.1) is 0 Å². The second-order valence-corrected chi connectivity index (χ2v) is 6.71. The highest BCUT2D eigenvalue weighted by Gasteiger charge is 2.50. The SMILES string of the molecule is Cc1cc(N2CC3CNCC3C2(C)C)n2ncnc2c1. The topological polar surface area (TPSA) is 45.5 Å². The van der Waals surface area contributed by atoms with Gasteiger partial charge in [-0.05, 0) is 50.3 Å². The molecule has 0 aromatic carbocycles. The molecule has 1 N–H and O–H groups in total. The van der Waals surface area contributed by atoms with Gasteiger partial charge in [0.25, 0.3) is 0 Å². The van der Waals surface area contributed by atoms with E-state index in [0.717, 1.165) is 31.2 Å². The molecule has 0 bridgehead atoms. The molecule has 2 aromatic heterocycles. The van der Waals surface area contributed by atoms with Crippen LogP contribution in [0, 0.1) is 18.8 Å². The number of hydrogen-bond acceptors (Lipinski definition) is 4. The molecule has 4 heterocycles. The molecule has 2 aliphatic heterocycles. The molecule has 2 saturated heterocycles. The summed E-state index contributed by atoms with van der Waals surface area (Å²) in [5.74, 6) is 2.63. The van der Waals surface area contributed by atoms with Crippen molar-refractivity contribution in [2.75, 3.05) is 24.5 Å².